The van der Waals surface area contributed by atoms with Crippen LogP contribution in [-0.4, -0.2) is 43.3 Å². The van der Waals surface area contributed by atoms with Gasteiger partial charge in [0.05, 0.1) is 10.7 Å². The van der Waals surface area contributed by atoms with Gasteiger partial charge in [0, 0.05) is 18.8 Å². The first-order valence-corrected chi connectivity index (χ1v) is 10.1. The molecule has 0 spiro atoms. The normalized spacial score (nSPS) is 42.1. The second-order valence-electron chi connectivity index (χ2n) is 7.98. The third-order valence-electron chi connectivity index (χ3n) is 6.54. The fourth-order valence-corrected chi connectivity index (χ4v) is 7.06. The topological polar surface area (TPSA) is 54.5 Å². The molecule has 5 heteroatoms. The van der Waals surface area contributed by atoms with Gasteiger partial charge in [0.25, 0.3) is 0 Å². The first kappa shape index (κ1) is 14.0. The average molecular weight is 311 g/mol. The fraction of sp³-hybridized carbons (Fsp3) is 0.938. The van der Waals surface area contributed by atoms with Crippen LogP contribution in [0.25, 0.3) is 0 Å². The predicted molar refractivity (Wildman–Crippen MR) is 80.4 cm³/mol. The summed E-state index contributed by atoms with van der Waals surface area (Å²) in [5.74, 6) is 2.76. The molecule has 0 unspecified atom stereocenters. The van der Waals surface area contributed by atoms with Gasteiger partial charge >= 0.3 is 0 Å². The second-order valence-corrected chi connectivity index (χ2v) is 10.6. The minimum Gasteiger partial charge on any atom is -0.339 e. The lowest BCUT2D eigenvalue weighted by Gasteiger charge is -2.57. The lowest BCUT2D eigenvalue weighted by atomic mass is 9.49. The van der Waals surface area contributed by atoms with Crippen LogP contribution in [-0.2, 0) is 14.6 Å². The van der Waals surface area contributed by atoms with Crippen molar-refractivity contribution in [3.05, 3.63) is 0 Å². The number of amides is 1. The molecule has 1 saturated heterocycles. The van der Waals surface area contributed by atoms with Crippen molar-refractivity contribution in [3.8, 4) is 0 Å². The molecule has 0 aromatic carbocycles. The van der Waals surface area contributed by atoms with Crippen molar-refractivity contribution in [1.29, 1.82) is 0 Å². The molecule has 1 aliphatic heterocycles. The van der Waals surface area contributed by atoms with E-state index in [9.17, 15) is 13.2 Å². The maximum Gasteiger partial charge on any atom is 0.228 e. The molecule has 1 amide bonds. The molecule has 1 heterocycles. The number of hydrogen-bond donors (Lipinski definition) is 0. The van der Waals surface area contributed by atoms with Gasteiger partial charge in [0.15, 0.2) is 9.84 Å². The molecule has 4 nitrogen and oxygen atoms in total. The molecule has 5 aliphatic rings. The van der Waals surface area contributed by atoms with Crippen molar-refractivity contribution < 1.29 is 13.2 Å². The Bertz CT molecular complexity index is 527. The highest BCUT2D eigenvalue weighted by Crippen LogP contribution is 2.60. The Morgan fingerprint density at radius 3 is 1.95 bits per heavy atom. The largest absolute Gasteiger partial charge is 0.339 e. The van der Waals surface area contributed by atoms with Crippen molar-refractivity contribution in [3.63, 3.8) is 0 Å². The van der Waals surface area contributed by atoms with E-state index in [4.69, 9.17) is 0 Å². The summed E-state index contributed by atoms with van der Waals surface area (Å²) in [5.41, 5.74) is -0.115. The van der Waals surface area contributed by atoms with Gasteiger partial charge in [-0.05, 0) is 56.3 Å². The molecule has 0 aromatic rings. The Labute approximate surface area is 127 Å². The highest BCUT2D eigenvalue weighted by molar-refractivity contribution is 7.92. The molecule has 5 fully saturated rings. The molecule has 0 radical (unpaired) electrons. The first-order valence-electron chi connectivity index (χ1n) is 8.43. The number of likely N-dealkylation sites (tertiary alicyclic amines) is 1. The number of carbonyl (C=O) groups is 1. The van der Waals surface area contributed by atoms with Crippen LogP contribution in [0.4, 0.5) is 0 Å². The van der Waals surface area contributed by atoms with Crippen LogP contribution in [0, 0.1) is 23.2 Å². The molecule has 0 N–H and O–H groups in total. The highest BCUT2D eigenvalue weighted by atomic mass is 32.2. The van der Waals surface area contributed by atoms with Crippen LogP contribution in [0.3, 0.4) is 0 Å². The van der Waals surface area contributed by atoms with Gasteiger partial charge in [0.1, 0.15) is 0 Å². The molecular weight excluding hydrogens is 286 g/mol. The zero-order valence-electron chi connectivity index (χ0n) is 12.8. The molecule has 0 atom stereocenters. The Morgan fingerprint density at radius 2 is 1.52 bits per heavy atom. The summed E-state index contributed by atoms with van der Waals surface area (Å²) >= 11 is 0. The SMILES string of the molecule is CCS(=O)(=O)C1CN(C(=O)C23CC4CC(CC(C4)C2)C3)C1. The van der Waals surface area contributed by atoms with Crippen molar-refractivity contribution in [2.75, 3.05) is 18.8 Å². The predicted octanol–water partition coefficient (Wildman–Crippen LogP) is 1.85. The average Bonchev–Trinajstić information content (AvgIpc) is 2.35. The Morgan fingerprint density at radius 1 is 1.05 bits per heavy atom. The minimum absolute atomic E-state index is 0.115. The van der Waals surface area contributed by atoms with E-state index in [1.807, 2.05) is 4.90 Å². The molecule has 4 saturated carbocycles. The van der Waals surface area contributed by atoms with E-state index >= 15 is 0 Å². The summed E-state index contributed by atoms with van der Waals surface area (Å²) in [4.78, 5) is 14.8. The number of carbonyl (C=O) groups excluding carboxylic acids is 1. The van der Waals surface area contributed by atoms with E-state index in [0.717, 1.165) is 37.0 Å². The number of hydrogen-bond acceptors (Lipinski definition) is 3. The summed E-state index contributed by atoms with van der Waals surface area (Å²) < 4.78 is 23.7. The van der Waals surface area contributed by atoms with Crippen LogP contribution in [0.15, 0.2) is 0 Å². The van der Waals surface area contributed by atoms with Crippen molar-refractivity contribution in [2.45, 2.75) is 50.7 Å². The molecule has 21 heavy (non-hydrogen) atoms. The van der Waals surface area contributed by atoms with Crippen LogP contribution in [0.2, 0.25) is 0 Å². The van der Waals surface area contributed by atoms with Crippen LogP contribution in [0.5, 0.6) is 0 Å². The summed E-state index contributed by atoms with van der Waals surface area (Å²) in [7, 11) is -2.98. The summed E-state index contributed by atoms with van der Waals surface area (Å²) in [6, 6.07) is 0. The van der Waals surface area contributed by atoms with E-state index in [1.54, 1.807) is 6.92 Å². The number of nitrogens with zero attached hydrogens (tertiary/aromatic N) is 1. The third kappa shape index (κ3) is 2.07. The molecular formula is C16H25NO3S. The molecule has 4 aliphatic carbocycles. The van der Waals surface area contributed by atoms with Gasteiger partial charge in [-0.2, -0.15) is 0 Å². The molecule has 5 rings (SSSR count). The number of rotatable bonds is 3. The standard InChI is InChI=1S/C16H25NO3S/c1-2-21(19,20)14-9-17(10-14)15(18)16-6-11-3-12(7-16)5-13(4-11)8-16/h11-14H,2-10H2,1H3. The summed E-state index contributed by atoms with van der Waals surface area (Å²) in [5, 5.41) is -0.305. The molecule has 118 valence electrons. The lowest BCUT2D eigenvalue weighted by molar-refractivity contribution is -0.161. The van der Waals surface area contributed by atoms with Gasteiger partial charge in [-0.3, -0.25) is 4.79 Å². The minimum atomic E-state index is -2.98. The van der Waals surface area contributed by atoms with Gasteiger partial charge in [-0.15, -0.1) is 0 Å². The van der Waals surface area contributed by atoms with E-state index < -0.39 is 9.84 Å². The Kier molecular flexibility index (Phi) is 2.98. The molecule has 4 bridgehead atoms. The Hall–Kier alpha value is -0.580. The maximum absolute atomic E-state index is 13.0. The maximum atomic E-state index is 13.0. The van der Waals surface area contributed by atoms with Crippen molar-refractivity contribution in [2.24, 2.45) is 23.2 Å². The summed E-state index contributed by atoms with van der Waals surface area (Å²) in [6.07, 6.45) is 7.21. The van der Waals surface area contributed by atoms with E-state index in [1.165, 1.54) is 19.3 Å². The fourth-order valence-electron chi connectivity index (χ4n) is 5.77. The Balaban J connectivity index is 1.47. The quantitative estimate of drug-likeness (QED) is 0.799. The van der Waals surface area contributed by atoms with Gasteiger partial charge in [-0.1, -0.05) is 6.92 Å². The van der Waals surface area contributed by atoms with Gasteiger partial charge < -0.3 is 4.90 Å². The molecule has 0 aromatic heterocycles. The monoisotopic (exact) mass is 311 g/mol. The smallest absolute Gasteiger partial charge is 0.228 e. The first-order chi connectivity index (χ1) is 9.92. The van der Waals surface area contributed by atoms with E-state index in [-0.39, 0.29) is 22.3 Å². The van der Waals surface area contributed by atoms with Crippen LogP contribution < -0.4 is 0 Å². The van der Waals surface area contributed by atoms with Crippen molar-refractivity contribution in [1.82, 2.24) is 4.90 Å². The highest BCUT2D eigenvalue weighted by Gasteiger charge is 2.57. The van der Waals surface area contributed by atoms with Crippen LogP contribution >= 0.6 is 0 Å². The van der Waals surface area contributed by atoms with Gasteiger partial charge in [-0.25, -0.2) is 8.42 Å². The van der Waals surface area contributed by atoms with E-state index in [0.29, 0.717) is 13.1 Å². The van der Waals surface area contributed by atoms with Gasteiger partial charge in [0.2, 0.25) is 5.91 Å². The number of sulfone groups is 1. The van der Waals surface area contributed by atoms with E-state index in [2.05, 4.69) is 0 Å². The second kappa shape index (κ2) is 4.46. The van der Waals surface area contributed by atoms with Crippen LogP contribution in [0.1, 0.15) is 45.4 Å². The zero-order valence-corrected chi connectivity index (χ0v) is 13.6. The zero-order chi connectivity index (χ0) is 14.8. The third-order valence-corrected chi connectivity index (χ3v) is 8.66. The lowest BCUT2D eigenvalue weighted by Crippen LogP contribution is -2.63. The van der Waals surface area contributed by atoms with Crippen molar-refractivity contribution >= 4 is 15.7 Å². The summed E-state index contributed by atoms with van der Waals surface area (Å²) in [6.45, 7) is 2.58.